The second-order valence-corrected chi connectivity index (χ2v) is 9.32. The van der Waals surface area contributed by atoms with Gasteiger partial charge in [-0.05, 0) is 57.0 Å². The average Bonchev–Trinajstić information content (AvgIpc) is 3.21. The van der Waals surface area contributed by atoms with Crippen molar-refractivity contribution in [2.75, 3.05) is 0 Å². The Balaban J connectivity index is 1.71. The van der Waals surface area contributed by atoms with E-state index in [0.29, 0.717) is 20.2 Å². The number of hydrogen-bond donors (Lipinski definition) is 0. The van der Waals surface area contributed by atoms with Crippen molar-refractivity contribution in [1.82, 2.24) is 4.98 Å². The number of thioether (sulfide) groups is 1. The molecule has 0 aliphatic carbocycles. The number of Topliss-reactive ketones (excluding diaryl/α,β-unsaturated/α-hetero) is 1. The van der Waals surface area contributed by atoms with Crippen molar-refractivity contribution in [3.63, 3.8) is 0 Å². The highest BCUT2D eigenvalue weighted by molar-refractivity contribution is 9.10. The van der Waals surface area contributed by atoms with Gasteiger partial charge in [0.15, 0.2) is 16.6 Å². The molecule has 1 saturated heterocycles. The second-order valence-electron chi connectivity index (χ2n) is 6.18. The smallest absolute Gasteiger partial charge is 0.328 e. The summed E-state index contributed by atoms with van der Waals surface area (Å²) in [4.78, 5) is 31.2. The molecule has 0 saturated carbocycles. The summed E-state index contributed by atoms with van der Waals surface area (Å²) in [5, 5.41) is 3.30. The molecule has 1 aromatic carbocycles. The molecule has 3 heterocycles. The van der Waals surface area contributed by atoms with E-state index >= 15 is 0 Å². The van der Waals surface area contributed by atoms with Crippen LogP contribution in [0.15, 0.2) is 68.8 Å². The van der Waals surface area contributed by atoms with Crippen LogP contribution in [0.3, 0.4) is 0 Å². The third-order valence-electron chi connectivity index (χ3n) is 4.40. The number of rotatable bonds is 4. The minimum atomic E-state index is -1.23. The Hall–Kier alpha value is -1.67. The summed E-state index contributed by atoms with van der Waals surface area (Å²) in [6.07, 6.45) is 0.0149. The maximum atomic E-state index is 13.1. The standard InChI is InChI=1S/C20H13BrClNO3S2/c21-17-7-3-6-16(23-17)20(12-8-9-27-11-12)10-14(24)18(19(25)26-20)28-15-5-2-1-4-13(15)22/h1-9,11,18H,10H2. The normalized spacial score (nSPS) is 22.1. The molecule has 3 aromatic rings. The molecule has 4 nitrogen and oxygen atoms in total. The third kappa shape index (κ3) is 3.64. The van der Waals surface area contributed by atoms with Crippen molar-refractivity contribution in [3.8, 4) is 0 Å². The van der Waals surface area contributed by atoms with E-state index in [1.807, 2.05) is 29.0 Å². The number of ether oxygens (including phenoxy) is 1. The molecule has 1 aliphatic rings. The first-order chi connectivity index (χ1) is 13.5. The molecule has 2 atom stereocenters. The zero-order valence-electron chi connectivity index (χ0n) is 14.3. The molecule has 0 bridgehead atoms. The van der Waals surface area contributed by atoms with Crippen LogP contribution < -0.4 is 0 Å². The highest BCUT2D eigenvalue weighted by Gasteiger charge is 2.51. The summed E-state index contributed by atoms with van der Waals surface area (Å²) in [5.41, 5.74) is 0.0318. The van der Waals surface area contributed by atoms with Gasteiger partial charge in [0.25, 0.3) is 0 Å². The van der Waals surface area contributed by atoms with Gasteiger partial charge in [0.2, 0.25) is 0 Å². The van der Waals surface area contributed by atoms with Gasteiger partial charge in [0, 0.05) is 10.5 Å². The average molecular weight is 495 g/mol. The maximum absolute atomic E-state index is 13.1. The van der Waals surface area contributed by atoms with E-state index in [9.17, 15) is 9.59 Å². The van der Waals surface area contributed by atoms with Crippen LogP contribution in [-0.4, -0.2) is 22.0 Å². The first-order valence-electron chi connectivity index (χ1n) is 8.32. The fraction of sp³-hybridized carbons (Fsp3) is 0.150. The van der Waals surface area contributed by atoms with E-state index in [4.69, 9.17) is 16.3 Å². The Morgan fingerprint density at radius 1 is 1.18 bits per heavy atom. The van der Waals surface area contributed by atoms with Crippen LogP contribution in [-0.2, 0) is 19.9 Å². The predicted octanol–water partition coefficient (Wildman–Crippen LogP) is 5.48. The number of cyclic esters (lactones) is 1. The summed E-state index contributed by atoms with van der Waals surface area (Å²) in [5.74, 6) is -0.803. The Bertz CT molecular complexity index is 1020. The zero-order valence-corrected chi connectivity index (χ0v) is 18.3. The van der Waals surface area contributed by atoms with Crippen LogP contribution in [0.4, 0.5) is 0 Å². The van der Waals surface area contributed by atoms with Gasteiger partial charge in [0.05, 0.1) is 17.1 Å². The SMILES string of the molecule is O=C1CC(c2ccsc2)(c2cccc(Br)n2)OC(=O)C1Sc1ccccc1Cl. The minimum Gasteiger partial charge on any atom is -0.446 e. The highest BCUT2D eigenvalue weighted by atomic mass is 79.9. The number of thiophene rings is 1. The fourth-order valence-electron chi connectivity index (χ4n) is 3.09. The van der Waals surface area contributed by atoms with E-state index in [1.165, 1.54) is 11.3 Å². The Labute approximate surface area is 183 Å². The monoisotopic (exact) mass is 493 g/mol. The van der Waals surface area contributed by atoms with Gasteiger partial charge in [-0.15, -0.1) is 11.8 Å². The van der Waals surface area contributed by atoms with Gasteiger partial charge in [-0.25, -0.2) is 4.98 Å². The molecule has 1 fully saturated rings. The molecule has 8 heteroatoms. The van der Waals surface area contributed by atoms with Gasteiger partial charge in [0.1, 0.15) is 4.60 Å². The summed E-state index contributed by atoms with van der Waals surface area (Å²) < 4.78 is 6.56. The Morgan fingerprint density at radius 3 is 2.68 bits per heavy atom. The summed E-state index contributed by atoms with van der Waals surface area (Å²) in [7, 11) is 0. The van der Waals surface area contributed by atoms with Gasteiger partial charge in [-0.1, -0.05) is 29.8 Å². The largest absolute Gasteiger partial charge is 0.446 e. The molecule has 4 rings (SSSR count). The van der Waals surface area contributed by atoms with Crippen LogP contribution >= 0.6 is 50.6 Å². The molecule has 0 spiro atoms. The number of halogens is 2. The van der Waals surface area contributed by atoms with Gasteiger partial charge >= 0.3 is 5.97 Å². The van der Waals surface area contributed by atoms with Gasteiger partial charge in [-0.3, -0.25) is 9.59 Å². The van der Waals surface area contributed by atoms with Crippen LogP contribution in [0.1, 0.15) is 17.7 Å². The zero-order chi connectivity index (χ0) is 19.7. The minimum absolute atomic E-state index is 0.0149. The van der Waals surface area contributed by atoms with Crippen molar-refractivity contribution in [3.05, 3.63) is 80.2 Å². The lowest BCUT2D eigenvalue weighted by molar-refractivity contribution is -0.166. The summed E-state index contributed by atoms with van der Waals surface area (Å²) >= 11 is 12.1. The molecule has 2 aromatic heterocycles. The first kappa shape index (κ1) is 19.6. The Kier molecular flexibility index (Phi) is 5.60. The number of pyridine rings is 1. The van der Waals surface area contributed by atoms with E-state index in [0.717, 1.165) is 17.3 Å². The molecule has 0 N–H and O–H groups in total. The number of esters is 1. The lowest BCUT2D eigenvalue weighted by Gasteiger charge is -2.37. The first-order valence-corrected chi connectivity index (χ1v) is 11.3. The highest BCUT2D eigenvalue weighted by Crippen LogP contribution is 2.44. The van der Waals surface area contributed by atoms with Crippen LogP contribution in [0.5, 0.6) is 0 Å². The maximum Gasteiger partial charge on any atom is 0.328 e. The van der Waals surface area contributed by atoms with Crippen molar-refractivity contribution in [1.29, 1.82) is 0 Å². The number of hydrogen-bond acceptors (Lipinski definition) is 6. The number of carbonyl (C=O) groups excluding carboxylic acids is 2. The number of carbonyl (C=O) groups is 2. The molecule has 2 unspecified atom stereocenters. The molecule has 0 radical (unpaired) electrons. The summed E-state index contributed by atoms with van der Waals surface area (Å²) in [6.45, 7) is 0. The van der Waals surface area contributed by atoms with Crippen LogP contribution in [0.2, 0.25) is 5.02 Å². The third-order valence-corrected chi connectivity index (χ3v) is 7.27. The molecule has 142 valence electrons. The molecule has 28 heavy (non-hydrogen) atoms. The molecule has 1 aliphatic heterocycles. The number of nitrogens with zero attached hydrogens (tertiary/aromatic N) is 1. The second kappa shape index (κ2) is 7.99. The molecular formula is C20H13BrClNO3S2. The van der Waals surface area contributed by atoms with Crippen molar-refractivity contribution in [2.24, 2.45) is 0 Å². The predicted molar refractivity (Wildman–Crippen MR) is 114 cm³/mol. The lowest BCUT2D eigenvalue weighted by Crippen LogP contribution is -2.48. The van der Waals surface area contributed by atoms with Gasteiger partial charge in [-0.2, -0.15) is 11.3 Å². The molecular weight excluding hydrogens is 482 g/mol. The number of benzene rings is 1. The van der Waals surface area contributed by atoms with E-state index in [1.54, 1.807) is 30.3 Å². The summed E-state index contributed by atoms with van der Waals surface area (Å²) in [6, 6.07) is 14.3. The number of ketones is 1. The fourth-order valence-corrected chi connectivity index (χ4v) is 5.37. The van der Waals surface area contributed by atoms with Gasteiger partial charge < -0.3 is 4.74 Å². The van der Waals surface area contributed by atoms with E-state index < -0.39 is 16.8 Å². The van der Waals surface area contributed by atoms with E-state index in [-0.39, 0.29) is 12.2 Å². The molecule has 0 amide bonds. The van der Waals surface area contributed by atoms with Crippen molar-refractivity contribution < 1.29 is 14.3 Å². The topological polar surface area (TPSA) is 56.3 Å². The van der Waals surface area contributed by atoms with Crippen LogP contribution in [0.25, 0.3) is 0 Å². The van der Waals surface area contributed by atoms with Crippen molar-refractivity contribution in [2.45, 2.75) is 22.2 Å². The van der Waals surface area contributed by atoms with E-state index in [2.05, 4.69) is 20.9 Å². The Morgan fingerprint density at radius 2 is 2.00 bits per heavy atom. The quantitative estimate of drug-likeness (QED) is 0.273. The van der Waals surface area contributed by atoms with Crippen molar-refractivity contribution >= 4 is 62.4 Å². The van der Waals surface area contributed by atoms with Crippen LogP contribution in [0, 0.1) is 0 Å². The lowest BCUT2D eigenvalue weighted by atomic mass is 9.84. The number of aromatic nitrogens is 1.